The zero-order valence-corrected chi connectivity index (χ0v) is 14.8. The van der Waals surface area contributed by atoms with Crippen LogP contribution >= 0.6 is 0 Å². The van der Waals surface area contributed by atoms with E-state index in [1.807, 2.05) is 16.0 Å². The van der Waals surface area contributed by atoms with Crippen LogP contribution in [0.15, 0.2) is 6.20 Å². The van der Waals surface area contributed by atoms with Crippen LogP contribution in [0.5, 0.6) is 0 Å². The molecule has 3 rings (SSSR count). The van der Waals surface area contributed by atoms with Gasteiger partial charge in [0.2, 0.25) is 11.8 Å². The first-order valence-electron chi connectivity index (χ1n) is 8.85. The van der Waals surface area contributed by atoms with Gasteiger partial charge >= 0.3 is 0 Å². The number of nitrogens with zero attached hydrogens (tertiary/aromatic N) is 4. The molecular weight excluding hydrogens is 304 g/mol. The lowest BCUT2D eigenvalue weighted by Crippen LogP contribution is -2.37. The second-order valence-electron chi connectivity index (χ2n) is 7.23. The van der Waals surface area contributed by atoms with E-state index in [1.54, 1.807) is 6.92 Å². The lowest BCUT2D eigenvalue weighted by molar-refractivity contribution is -0.133. The maximum absolute atomic E-state index is 12.3. The fourth-order valence-electron chi connectivity index (χ4n) is 3.60. The second-order valence-corrected chi connectivity index (χ2v) is 7.23. The van der Waals surface area contributed by atoms with E-state index in [9.17, 15) is 9.59 Å². The molecule has 6 nitrogen and oxygen atoms in total. The summed E-state index contributed by atoms with van der Waals surface area (Å²) >= 11 is 0. The molecule has 0 N–H and O–H groups in total. The Bertz CT molecular complexity index is 644. The Labute approximate surface area is 143 Å². The number of rotatable bonds is 3. The standard InChI is InChI=1S/C18H26N4O2/c1-12(2)9-17(24)21-8-6-15-14(11-21)10-19-18(20-15)16-5-4-7-22(16)13(3)23/h10,12,16H,4-9,11H2,1-3H3/t16-/m1/s1. The zero-order valence-electron chi connectivity index (χ0n) is 14.8. The Morgan fingerprint density at radius 2 is 2.12 bits per heavy atom. The Morgan fingerprint density at radius 3 is 2.83 bits per heavy atom. The fourth-order valence-corrected chi connectivity index (χ4v) is 3.60. The summed E-state index contributed by atoms with van der Waals surface area (Å²) in [6.07, 6.45) is 5.13. The fraction of sp³-hybridized carbons (Fsp3) is 0.667. The van der Waals surface area contributed by atoms with E-state index in [1.165, 1.54) is 0 Å². The number of likely N-dealkylation sites (tertiary alicyclic amines) is 1. The highest BCUT2D eigenvalue weighted by molar-refractivity contribution is 5.76. The summed E-state index contributed by atoms with van der Waals surface area (Å²) in [6, 6.07) is 0.00778. The van der Waals surface area contributed by atoms with Crippen molar-refractivity contribution in [3.05, 3.63) is 23.3 Å². The number of hydrogen-bond donors (Lipinski definition) is 0. The maximum atomic E-state index is 12.3. The molecule has 24 heavy (non-hydrogen) atoms. The first-order chi connectivity index (χ1) is 11.5. The van der Waals surface area contributed by atoms with E-state index < -0.39 is 0 Å². The summed E-state index contributed by atoms with van der Waals surface area (Å²) in [4.78, 5) is 37.0. The lowest BCUT2D eigenvalue weighted by Gasteiger charge is -2.29. The summed E-state index contributed by atoms with van der Waals surface area (Å²) < 4.78 is 0. The van der Waals surface area contributed by atoms with Crippen LogP contribution < -0.4 is 0 Å². The SMILES string of the molecule is CC(=O)N1CCC[C@@H]1c1ncc2c(n1)CCN(C(=O)CC(C)C)C2. The molecule has 0 aliphatic carbocycles. The molecule has 1 fully saturated rings. The molecule has 1 saturated heterocycles. The van der Waals surface area contributed by atoms with E-state index in [0.29, 0.717) is 18.9 Å². The van der Waals surface area contributed by atoms with Gasteiger partial charge in [0.1, 0.15) is 0 Å². The third-order valence-electron chi connectivity index (χ3n) is 4.84. The molecule has 0 aromatic carbocycles. The minimum atomic E-state index is 0.00778. The summed E-state index contributed by atoms with van der Waals surface area (Å²) in [7, 11) is 0. The smallest absolute Gasteiger partial charge is 0.223 e. The highest BCUT2D eigenvalue weighted by Crippen LogP contribution is 2.30. The van der Waals surface area contributed by atoms with E-state index in [0.717, 1.165) is 49.4 Å². The Hall–Kier alpha value is -1.98. The van der Waals surface area contributed by atoms with Gasteiger partial charge in [-0.15, -0.1) is 0 Å². The Morgan fingerprint density at radius 1 is 1.33 bits per heavy atom. The molecule has 1 aromatic rings. The van der Waals surface area contributed by atoms with Crippen LogP contribution in [0, 0.1) is 5.92 Å². The molecule has 6 heteroatoms. The summed E-state index contributed by atoms with van der Waals surface area (Å²) in [5.74, 6) is 1.42. The normalized spacial score (nSPS) is 20.4. The van der Waals surface area contributed by atoms with Crippen molar-refractivity contribution in [2.45, 2.75) is 59.0 Å². The van der Waals surface area contributed by atoms with Crippen molar-refractivity contribution in [3.63, 3.8) is 0 Å². The van der Waals surface area contributed by atoms with Gasteiger partial charge in [0.25, 0.3) is 0 Å². The van der Waals surface area contributed by atoms with Crippen molar-refractivity contribution >= 4 is 11.8 Å². The molecule has 0 bridgehead atoms. The predicted octanol–water partition coefficient (Wildman–Crippen LogP) is 2.09. The molecule has 2 aliphatic heterocycles. The minimum absolute atomic E-state index is 0.00778. The number of amides is 2. The van der Waals surface area contributed by atoms with Crippen molar-refractivity contribution in [2.24, 2.45) is 5.92 Å². The van der Waals surface area contributed by atoms with E-state index in [-0.39, 0.29) is 17.9 Å². The van der Waals surface area contributed by atoms with E-state index >= 15 is 0 Å². The van der Waals surface area contributed by atoms with Crippen LogP contribution in [0.2, 0.25) is 0 Å². The van der Waals surface area contributed by atoms with Crippen LogP contribution in [-0.2, 0) is 22.6 Å². The number of fused-ring (bicyclic) bond motifs is 1. The van der Waals surface area contributed by atoms with Gasteiger partial charge in [-0.05, 0) is 18.8 Å². The summed E-state index contributed by atoms with van der Waals surface area (Å²) in [5, 5.41) is 0. The van der Waals surface area contributed by atoms with Crippen LogP contribution in [-0.4, -0.2) is 44.7 Å². The molecule has 0 saturated carbocycles. The minimum Gasteiger partial charge on any atom is -0.338 e. The largest absolute Gasteiger partial charge is 0.338 e. The van der Waals surface area contributed by atoms with Crippen LogP contribution in [0.1, 0.15) is 63.2 Å². The average Bonchev–Trinajstić information content (AvgIpc) is 3.03. The molecule has 1 aromatic heterocycles. The molecule has 130 valence electrons. The first-order valence-corrected chi connectivity index (χ1v) is 8.85. The Kier molecular flexibility index (Phi) is 4.83. The number of carbonyl (C=O) groups is 2. The van der Waals surface area contributed by atoms with E-state index in [2.05, 4.69) is 18.8 Å². The maximum Gasteiger partial charge on any atom is 0.223 e. The molecule has 1 atom stereocenters. The highest BCUT2D eigenvalue weighted by Gasteiger charge is 2.31. The predicted molar refractivity (Wildman–Crippen MR) is 90.0 cm³/mol. The number of hydrogen-bond acceptors (Lipinski definition) is 4. The summed E-state index contributed by atoms with van der Waals surface area (Å²) in [5.41, 5.74) is 2.07. The zero-order chi connectivity index (χ0) is 17.3. The van der Waals surface area contributed by atoms with Crippen LogP contribution in [0.4, 0.5) is 0 Å². The molecule has 0 radical (unpaired) electrons. The van der Waals surface area contributed by atoms with Crippen molar-refractivity contribution in [1.29, 1.82) is 0 Å². The Balaban J connectivity index is 1.74. The van der Waals surface area contributed by atoms with Crippen molar-refractivity contribution in [3.8, 4) is 0 Å². The molecule has 0 spiro atoms. The van der Waals surface area contributed by atoms with Gasteiger partial charge in [-0.25, -0.2) is 9.97 Å². The molecule has 2 aliphatic rings. The third-order valence-corrected chi connectivity index (χ3v) is 4.84. The van der Waals surface area contributed by atoms with Crippen LogP contribution in [0.3, 0.4) is 0 Å². The average molecular weight is 330 g/mol. The number of aromatic nitrogens is 2. The molecular formula is C18H26N4O2. The van der Waals surface area contributed by atoms with Gasteiger partial charge < -0.3 is 9.80 Å². The monoisotopic (exact) mass is 330 g/mol. The molecule has 2 amide bonds. The van der Waals surface area contributed by atoms with Crippen molar-refractivity contribution in [2.75, 3.05) is 13.1 Å². The molecule has 0 unspecified atom stereocenters. The number of carbonyl (C=O) groups excluding carboxylic acids is 2. The van der Waals surface area contributed by atoms with Crippen molar-refractivity contribution < 1.29 is 9.59 Å². The van der Waals surface area contributed by atoms with Gasteiger partial charge in [0.05, 0.1) is 11.7 Å². The van der Waals surface area contributed by atoms with Gasteiger partial charge in [-0.3, -0.25) is 9.59 Å². The van der Waals surface area contributed by atoms with Gasteiger partial charge in [0, 0.05) is 51.2 Å². The van der Waals surface area contributed by atoms with Gasteiger partial charge in [-0.1, -0.05) is 13.8 Å². The lowest BCUT2D eigenvalue weighted by atomic mass is 10.0. The quantitative estimate of drug-likeness (QED) is 0.851. The van der Waals surface area contributed by atoms with Crippen molar-refractivity contribution in [1.82, 2.24) is 19.8 Å². The highest BCUT2D eigenvalue weighted by atomic mass is 16.2. The van der Waals surface area contributed by atoms with E-state index in [4.69, 9.17) is 4.98 Å². The summed E-state index contributed by atoms with van der Waals surface area (Å²) in [6.45, 7) is 7.84. The topological polar surface area (TPSA) is 66.4 Å². The second kappa shape index (κ2) is 6.87. The van der Waals surface area contributed by atoms with Crippen LogP contribution in [0.25, 0.3) is 0 Å². The molecule has 3 heterocycles. The van der Waals surface area contributed by atoms with Gasteiger partial charge in [-0.2, -0.15) is 0 Å². The van der Waals surface area contributed by atoms with Gasteiger partial charge in [0.15, 0.2) is 5.82 Å². The first kappa shape index (κ1) is 16.9. The third kappa shape index (κ3) is 3.42.